The fourth-order valence-corrected chi connectivity index (χ4v) is 5.90. The van der Waals surface area contributed by atoms with Crippen LogP contribution in [0.5, 0.6) is 0 Å². The predicted molar refractivity (Wildman–Crippen MR) is 113 cm³/mol. The molecule has 0 aliphatic carbocycles. The normalized spacial score (nSPS) is 25.9. The molecule has 9 nitrogen and oxygen atoms in total. The number of oxime groups is 1. The SMILES string of the molecule is CO/N=C(\C(=O)NC1C(=O)N2C=C(C[N+]3(C)CCCC3)CS[C@H]12)c1csc(N)n1. The molecule has 1 unspecified atom stereocenters. The van der Waals surface area contributed by atoms with E-state index in [0.717, 1.165) is 16.8 Å². The highest BCUT2D eigenvalue weighted by atomic mass is 32.2. The van der Waals surface area contributed by atoms with Crippen molar-refractivity contribution in [1.29, 1.82) is 0 Å². The zero-order valence-corrected chi connectivity index (χ0v) is 18.1. The van der Waals surface area contributed by atoms with Crippen LogP contribution in [0.25, 0.3) is 0 Å². The van der Waals surface area contributed by atoms with Crippen molar-refractivity contribution in [2.24, 2.45) is 5.16 Å². The van der Waals surface area contributed by atoms with Gasteiger partial charge in [0.25, 0.3) is 11.8 Å². The molecule has 3 aliphatic rings. The van der Waals surface area contributed by atoms with Gasteiger partial charge in [-0.2, -0.15) is 0 Å². The number of amides is 2. The van der Waals surface area contributed by atoms with Gasteiger partial charge in [-0.1, -0.05) is 5.16 Å². The number of aromatic nitrogens is 1. The third kappa shape index (κ3) is 3.99. The zero-order valence-electron chi connectivity index (χ0n) is 16.5. The molecule has 0 radical (unpaired) electrons. The van der Waals surface area contributed by atoms with Crippen LogP contribution in [0.2, 0.25) is 0 Å². The summed E-state index contributed by atoms with van der Waals surface area (Å²) in [7, 11) is 3.64. The van der Waals surface area contributed by atoms with E-state index in [1.807, 2.05) is 6.20 Å². The molecule has 2 atom stereocenters. The Balaban J connectivity index is 1.41. The molecule has 29 heavy (non-hydrogen) atoms. The van der Waals surface area contributed by atoms with E-state index in [-0.39, 0.29) is 17.0 Å². The van der Waals surface area contributed by atoms with E-state index in [2.05, 4.69) is 22.5 Å². The quantitative estimate of drug-likeness (QED) is 0.292. The molecular weight excluding hydrogens is 412 g/mol. The van der Waals surface area contributed by atoms with Crippen LogP contribution in [0, 0.1) is 0 Å². The number of anilines is 1. The van der Waals surface area contributed by atoms with Gasteiger partial charge in [0.2, 0.25) is 0 Å². The minimum atomic E-state index is -0.583. The molecule has 3 aliphatic heterocycles. The van der Waals surface area contributed by atoms with Crippen molar-refractivity contribution < 1.29 is 18.9 Å². The summed E-state index contributed by atoms with van der Waals surface area (Å²) in [6.07, 6.45) is 4.53. The number of thiazole rings is 1. The molecule has 1 aromatic rings. The van der Waals surface area contributed by atoms with Crippen LogP contribution in [0.1, 0.15) is 18.5 Å². The summed E-state index contributed by atoms with van der Waals surface area (Å²) in [6.45, 7) is 3.37. The number of nitrogens with one attached hydrogen (secondary N) is 1. The Kier molecular flexibility index (Phi) is 5.54. The minimum Gasteiger partial charge on any atom is -0.398 e. The fraction of sp³-hybridized carbons (Fsp3) is 0.556. The fourth-order valence-electron chi connectivity index (χ4n) is 4.10. The summed E-state index contributed by atoms with van der Waals surface area (Å²) in [6, 6.07) is -0.583. The van der Waals surface area contributed by atoms with Crippen LogP contribution in [-0.2, 0) is 14.4 Å². The first kappa shape index (κ1) is 20.2. The molecule has 4 rings (SSSR count). The van der Waals surface area contributed by atoms with Gasteiger partial charge in [0.05, 0.1) is 20.1 Å². The molecule has 0 saturated carbocycles. The second-order valence-electron chi connectivity index (χ2n) is 7.81. The van der Waals surface area contributed by atoms with E-state index >= 15 is 0 Å². The van der Waals surface area contributed by atoms with Crippen molar-refractivity contribution in [3.05, 3.63) is 22.8 Å². The lowest BCUT2D eigenvalue weighted by atomic mass is 10.1. The lowest BCUT2D eigenvalue weighted by molar-refractivity contribution is -0.893. The first-order valence-corrected chi connectivity index (χ1v) is 11.4. The molecular formula is C18H25N6O3S2+. The Bertz CT molecular complexity index is 877. The topological polar surface area (TPSA) is 110 Å². The maximum Gasteiger partial charge on any atom is 0.276 e. The molecule has 156 valence electrons. The Labute approximate surface area is 177 Å². The Morgan fingerprint density at radius 3 is 2.90 bits per heavy atom. The third-order valence-corrected chi connectivity index (χ3v) is 7.57. The maximum absolute atomic E-state index is 12.7. The average Bonchev–Trinajstić information content (AvgIpc) is 3.32. The van der Waals surface area contributed by atoms with Gasteiger partial charge in [-0.05, 0) is 0 Å². The number of quaternary nitrogens is 1. The van der Waals surface area contributed by atoms with E-state index < -0.39 is 11.9 Å². The van der Waals surface area contributed by atoms with E-state index in [9.17, 15) is 9.59 Å². The highest BCUT2D eigenvalue weighted by molar-refractivity contribution is 8.00. The molecule has 2 fully saturated rings. The van der Waals surface area contributed by atoms with Crippen LogP contribution >= 0.6 is 23.1 Å². The number of carbonyl (C=O) groups excluding carboxylic acids is 2. The molecule has 0 spiro atoms. The number of likely N-dealkylation sites (N-methyl/N-ethyl adjacent to an activating group) is 1. The van der Waals surface area contributed by atoms with Crippen LogP contribution in [0.3, 0.4) is 0 Å². The number of thioether (sulfide) groups is 1. The van der Waals surface area contributed by atoms with Crippen molar-refractivity contribution in [3.8, 4) is 0 Å². The Hall–Kier alpha value is -2.11. The number of rotatable bonds is 6. The van der Waals surface area contributed by atoms with Crippen LogP contribution in [0.4, 0.5) is 5.13 Å². The molecule has 3 N–H and O–H groups in total. The summed E-state index contributed by atoms with van der Waals surface area (Å²) in [5, 5.41) is 8.42. The Morgan fingerprint density at radius 2 is 2.24 bits per heavy atom. The van der Waals surface area contributed by atoms with Crippen LogP contribution < -0.4 is 11.1 Å². The first-order chi connectivity index (χ1) is 13.9. The summed E-state index contributed by atoms with van der Waals surface area (Å²) >= 11 is 2.90. The van der Waals surface area contributed by atoms with Crippen LogP contribution in [-0.4, -0.2) is 82.9 Å². The van der Waals surface area contributed by atoms with Crippen LogP contribution in [0.15, 0.2) is 22.3 Å². The van der Waals surface area contributed by atoms with Gasteiger partial charge in [0.15, 0.2) is 10.8 Å². The van der Waals surface area contributed by atoms with Gasteiger partial charge in [-0.3, -0.25) is 9.59 Å². The molecule has 4 heterocycles. The summed E-state index contributed by atoms with van der Waals surface area (Å²) < 4.78 is 1.05. The molecule has 1 aromatic heterocycles. The number of hydrogen-bond donors (Lipinski definition) is 2. The monoisotopic (exact) mass is 437 g/mol. The van der Waals surface area contributed by atoms with E-state index in [1.165, 1.54) is 50.0 Å². The predicted octanol–water partition coefficient (Wildman–Crippen LogP) is 0.600. The molecule has 0 aromatic carbocycles. The third-order valence-electron chi connectivity index (χ3n) is 5.52. The van der Waals surface area contributed by atoms with E-state index in [4.69, 9.17) is 10.6 Å². The second-order valence-corrected chi connectivity index (χ2v) is 9.81. The number of β-lactam (4-membered cyclic amide) rings is 1. The van der Waals surface area contributed by atoms with E-state index in [1.54, 1.807) is 22.0 Å². The van der Waals surface area contributed by atoms with Gasteiger partial charge in [0.1, 0.15) is 30.8 Å². The molecule has 2 saturated heterocycles. The summed E-state index contributed by atoms with van der Waals surface area (Å²) in [4.78, 5) is 36.0. The number of nitrogen functional groups attached to an aromatic ring is 1. The standard InChI is InChI=1S/C18H24N6O3S2/c1-24(5-3-4-6-24)8-11-7-23-16(26)14(17(23)28-9-11)21-15(25)13(22-27-2)12-10-29-18(19)20-12/h7,10,14,17H,3-6,8-9H2,1-2H3,(H2-,19,20,21,25)/p+1/b22-13-/t14?,17-/m1/s1. The number of hydrogen-bond acceptors (Lipinski definition) is 8. The molecule has 11 heteroatoms. The summed E-state index contributed by atoms with van der Waals surface area (Å²) in [5.41, 5.74) is 7.27. The van der Waals surface area contributed by atoms with Crippen molar-refractivity contribution in [3.63, 3.8) is 0 Å². The van der Waals surface area contributed by atoms with Gasteiger partial charge in [-0.25, -0.2) is 4.98 Å². The van der Waals surface area contributed by atoms with Gasteiger partial charge < -0.3 is 25.3 Å². The minimum absolute atomic E-state index is 0.00944. The first-order valence-electron chi connectivity index (χ1n) is 9.50. The van der Waals surface area contributed by atoms with Crippen molar-refractivity contribution in [1.82, 2.24) is 15.2 Å². The number of likely N-dealkylation sites (tertiary alicyclic amines) is 1. The highest BCUT2D eigenvalue weighted by Gasteiger charge is 2.50. The maximum atomic E-state index is 12.7. The van der Waals surface area contributed by atoms with Crippen molar-refractivity contribution in [2.75, 3.05) is 45.3 Å². The van der Waals surface area contributed by atoms with E-state index in [0.29, 0.717) is 10.8 Å². The number of nitrogens with two attached hydrogens (primary N) is 1. The molecule has 0 bridgehead atoms. The van der Waals surface area contributed by atoms with Crippen molar-refractivity contribution >= 4 is 45.8 Å². The molecule has 2 amide bonds. The Morgan fingerprint density at radius 1 is 1.48 bits per heavy atom. The van der Waals surface area contributed by atoms with Crippen molar-refractivity contribution in [2.45, 2.75) is 24.3 Å². The zero-order chi connectivity index (χ0) is 20.6. The number of nitrogens with zero attached hydrogens (tertiary/aromatic N) is 4. The average molecular weight is 438 g/mol. The lowest BCUT2D eigenvalue weighted by Crippen LogP contribution is -2.69. The van der Waals surface area contributed by atoms with Gasteiger partial charge in [0, 0.05) is 35.7 Å². The van der Waals surface area contributed by atoms with Gasteiger partial charge >= 0.3 is 0 Å². The van der Waals surface area contributed by atoms with Gasteiger partial charge in [-0.15, -0.1) is 23.1 Å². The highest BCUT2D eigenvalue weighted by Crippen LogP contribution is 2.37. The summed E-state index contributed by atoms with van der Waals surface area (Å²) in [5.74, 6) is 0.267. The smallest absolute Gasteiger partial charge is 0.276 e. The number of carbonyl (C=O) groups is 2. The number of fused-ring (bicyclic) bond motifs is 1. The second kappa shape index (κ2) is 7.96. The largest absolute Gasteiger partial charge is 0.398 e. The lowest BCUT2D eigenvalue weighted by Gasteiger charge is -2.47.